The van der Waals surface area contributed by atoms with Crippen molar-refractivity contribution in [3.05, 3.63) is 60.1 Å². The van der Waals surface area contributed by atoms with E-state index in [4.69, 9.17) is 4.42 Å². The largest absolute Gasteiger partial charge is 0.468 e. The normalized spacial score (nSPS) is 10.8. The molecule has 0 fully saturated rings. The topological polar surface area (TPSA) is 45.5 Å². The van der Waals surface area contributed by atoms with Gasteiger partial charge in [-0.25, -0.2) is 0 Å². The summed E-state index contributed by atoms with van der Waals surface area (Å²) in [7, 11) is 0. The predicted molar refractivity (Wildman–Crippen MR) is 87.2 cm³/mol. The molecule has 118 valence electrons. The van der Waals surface area contributed by atoms with Gasteiger partial charge in [-0.15, -0.1) is 0 Å². The molecule has 0 aliphatic heterocycles. The number of carbonyl (C=O) groups excluding carboxylic acids is 1. The van der Waals surface area contributed by atoms with Crippen LogP contribution in [-0.2, 0) is 17.9 Å². The van der Waals surface area contributed by atoms with Crippen LogP contribution in [0.4, 0.5) is 0 Å². The summed E-state index contributed by atoms with van der Waals surface area (Å²) in [5, 5.41) is 2.97. The maximum atomic E-state index is 12.1. The van der Waals surface area contributed by atoms with E-state index in [1.807, 2.05) is 30.3 Å². The number of rotatable bonds is 9. The summed E-state index contributed by atoms with van der Waals surface area (Å²) in [5.74, 6) is 0.938. The molecule has 0 radical (unpaired) electrons. The summed E-state index contributed by atoms with van der Waals surface area (Å²) >= 11 is 0. The predicted octanol–water partition coefficient (Wildman–Crippen LogP) is 3.20. The van der Waals surface area contributed by atoms with Crippen LogP contribution in [0.25, 0.3) is 0 Å². The lowest BCUT2D eigenvalue weighted by atomic mass is 10.2. The Kier molecular flexibility index (Phi) is 6.71. The number of furan rings is 1. The smallest absolute Gasteiger partial charge is 0.234 e. The maximum Gasteiger partial charge on any atom is 0.234 e. The molecule has 0 saturated carbocycles. The molecule has 22 heavy (non-hydrogen) atoms. The van der Waals surface area contributed by atoms with Crippen LogP contribution in [0.5, 0.6) is 0 Å². The number of hydrogen-bond donors (Lipinski definition) is 1. The minimum absolute atomic E-state index is 0.0657. The third-order valence-corrected chi connectivity index (χ3v) is 3.43. The highest BCUT2D eigenvalue weighted by Gasteiger charge is 2.13. The summed E-state index contributed by atoms with van der Waals surface area (Å²) in [4.78, 5) is 14.2. The Bertz CT molecular complexity index is 537. The van der Waals surface area contributed by atoms with E-state index in [-0.39, 0.29) is 5.91 Å². The Hall–Kier alpha value is -2.07. The van der Waals surface area contributed by atoms with E-state index in [0.29, 0.717) is 13.1 Å². The van der Waals surface area contributed by atoms with Gasteiger partial charge in [0, 0.05) is 13.1 Å². The summed E-state index contributed by atoms with van der Waals surface area (Å²) in [6, 6.07) is 14.0. The van der Waals surface area contributed by atoms with Crippen LogP contribution in [0.1, 0.15) is 31.1 Å². The van der Waals surface area contributed by atoms with E-state index >= 15 is 0 Å². The van der Waals surface area contributed by atoms with Crippen molar-refractivity contribution in [2.45, 2.75) is 32.9 Å². The molecule has 1 N–H and O–H groups in total. The van der Waals surface area contributed by atoms with Gasteiger partial charge in [-0.3, -0.25) is 9.69 Å². The summed E-state index contributed by atoms with van der Waals surface area (Å²) in [5.41, 5.74) is 1.19. The van der Waals surface area contributed by atoms with Gasteiger partial charge in [0.15, 0.2) is 0 Å². The van der Waals surface area contributed by atoms with Gasteiger partial charge in [0.25, 0.3) is 0 Å². The fraction of sp³-hybridized carbons (Fsp3) is 0.389. The number of carbonyl (C=O) groups is 1. The van der Waals surface area contributed by atoms with Gasteiger partial charge in [-0.05, 0) is 24.1 Å². The van der Waals surface area contributed by atoms with Gasteiger partial charge in [-0.1, -0.05) is 43.7 Å². The molecule has 0 aliphatic rings. The molecule has 0 atom stereocenters. The van der Waals surface area contributed by atoms with Crippen LogP contribution in [-0.4, -0.2) is 23.9 Å². The van der Waals surface area contributed by atoms with Gasteiger partial charge in [0.2, 0.25) is 5.91 Å². The quantitative estimate of drug-likeness (QED) is 0.723. The molecule has 1 heterocycles. The molecule has 4 nitrogen and oxygen atoms in total. The Labute approximate surface area is 132 Å². The van der Waals surface area contributed by atoms with Crippen molar-refractivity contribution < 1.29 is 9.21 Å². The Balaban J connectivity index is 1.93. The second-order valence-corrected chi connectivity index (χ2v) is 5.41. The lowest BCUT2D eigenvalue weighted by Crippen LogP contribution is -2.37. The third-order valence-electron chi connectivity index (χ3n) is 3.43. The molecular weight excluding hydrogens is 276 g/mol. The van der Waals surface area contributed by atoms with E-state index in [1.54, 1.807) is 6.26 Å². The van der Waals surface area contributed by atoms with Gasteiger partial charge < -0.3 is 9.73 Å². The summed E-state index contributed by atoms with van der Waals surface area (Å²) < 4.78 is 5.41. The molecule has 0 bridgehead atoms. The number of nitrogens with one attached hydrogen (secondary N) is 1. The summed E-state index contributed by atoms with van der Waals surface area (Å²) in [6.07, 6.45) is 3.76. The van der Waals surface area contributed by atoms with Crippen LogP contribution in [0.2, 0.25) is 0 Å². The van der Waals surface area contributed by atoms with E-state index in [2.05, 4.69) is 29.3 Å². The minimum Gasteiger partial charge on any atom is -0.468 e. The van der Waals surface area contributed by atoms with Crippen LogP contribution in [0.3, 0.4) is 0 Å². The monoisotopic (exact) mass is 300 g/mol. The zero-order chi connectivity index (χ0) is 15.6. The first-order chi connectivity index (χ1) is 10.8. The van der Waals surface area contributed by atoms with Gasteiger partial charge in [0.1, 0.15) is 5.76 Å². The molecule has 1 aromatic heterocycles. The fourth-order valence-electron chi connectivity index (χ4n) is 2.30. The molecule has 0 unspecified atom stereocenters. The summed E-state index contributed by atoms with van der Waals surface area (Å²) in [6.45, 7) is 4.59. The van der Waals surface area contributed by atoms with E-state index < -0.39 is 0 Å². The fourth-order valence-corrected chi connectivity index (χ4v) is 2.30. The molecule has 1 aromatic carbocycles. The Morgan fingerprint density at radius 1 is 1.14 bits per heavy atom. The Morgan fingerprint density at radius 2 is 1.95 bits per heavy atom. The number of unbranched alkanes of at least 4 members (excludes halogenated alkanes) is 1. The molecule has 0 spiro atoms. The van der Waals surface area contributed by atoms with Crippen LogP contribution >= 0.6 is 0 Å². The van der Waals surface area contributed by atoms with Crippen LogP contribution in [0.15, 0.2) is 53.1 Å². The standard InChI is InChI=1S/C18H24N2O2/c1-2-3-11-19-18(21)15-20(14-17-10-7-12-22-17)13-16-8-5-4-6-9-16/h4-10,12H,2-3,11,13-15H2,1H3,(H,19,21). The average Bonchev–Trinajstić information content (AvgIpc) is 3.01. The van der Waals surface area contributed by atoms with Gasteiger partial charge in [0.05, 0.1) is 19.4 Å². The molecule has 0 saturated heterocycles. The number of benzene rings is 1. The second-order valence-electron chi connectivity index (χ2n) is 5.41. The van der Waals surface area contributed by atoms with E-state index in [9.17, 15) is 4.79 Å². The number of amides is 1. The highest BCUT2D eigenvalue weighted by atomic mass is 16.3. The lowest BCUT2D eigenvalue weighted by molar-refractivity contribution is -0.122. The first-order valence-electron chi connectivity index (χ1n) is 7.83. The third kappa shape index (κ3) is 5.74. The second kappa shape index (κ2) is 9.05. The average molecular weight is 300 g/mol. The molecule has 4 heteroatoms. The van der Waals surface area contributed by atoms with Crippen LogP contribution < -0.4 is 5.32 Å². The molecule has 2 aromatic rings. The van der Waals surface area contributed by atoms with Crippen molar-refractivity contribution in [1.82, 2.24) is 10.2 Å². The molecule has 1 amide bonds. The van der Waals surface area contributed by atoms with Gasteiger partial charge in [-0.2, -0.15) is 0 Å². The highest BCUT2D eigenvalue weighted by Crippen LogP contribution is 2.10. The minimum atomic E-state index is 0.0657. The first kappa shape index (κ1) is 16.3. The zero-order valence-corrected chi connectivity index (χ0v) is 13.1. The van der Waals surface area contributed by atoms with Gasteiger partial charge >= 0.3 is 0 Å². The Morgan fingerprint density at radius 3 is 2.64 bits per heavy atom. The maximum absolute atomic E-state index is 12.1. The van der Waals surface area contributed by atoms with Crippen molar-refractivity contribution in [2.75, 3.05) is 13.1 Å². The first-order valence-corrected chi connectivity index (χ1v) is 7.83. The van der Waals surface area contributed by atoms with Crippen molar-refractivity contribution in [2.24, 2.45) is 0 Å². The zero-order valence-electron chi connectivity index (χ0n) is 13.1. The highest BCUT2D eigenvalue weighted by molar-refractivity contribution is 5.77. The van der Waals surface area contributed by atoms with Crippen molar-refractivity contribution in [3.63, 3.8) is 0 Å². The van der Waals surface area contributed by atoms with E-state index in [1.165, 1.54) is 5.56 Å². The van der Waals surface area contributed by atoms with Crippen molar-refractivity contribution >= 4 is 5.91 Å². The molecule has 2 rings (SSSR count). The lowest BCUT2D eigenvalue weighted by Gasteiger charge is -2.21. The number of nitrogens with zero attached hydrogens (tertiary/aromatic N) is 1. The van der Waals surface area contributed by atoms with Crippen LogP contribution in [0, 0.1) is 0 Å². The molecule has 0 aliphatic carbocycles. The number of hydrogen-bond acceptors (Lipinski definition) is 3. The molecular formula is C18H24N2O2. The van der Waals surface area contributed by atoms with Crippen molar-refractivity contribution in [3.8, 4) is 0 Å². The van der Waals surface area contributed by atoms with Crippen molar-refractivity contribution in [1.29, 1.82) is 0 Å². The van der Waals surface area contributed by atoms with E-state index in [0.717, 1.165) is 31.7 Å². The SMILES string of the molecule is CCCCNC(=O)CN(Cc1ccccc1)Cc1ccco1.